The fraction of sp³-hybridized carbons (Fsp3) is 0.333. The summed E-state index contributed by atoms with van der Waals surface area (Å²) < 4.78 is 40.3. The van der Waals surface area contributed by atoms with Crippen molar-refractivity contribution in [2.24, 2.45) is 0 Å². The first-order valence-corrected chi connectivity index (χ1v) is 10.6. The maximum atomic E-state index is 11.7. The van der Waals surface area contributed by atoms with E-state index in [4.69, 9.17) is 13.7 Å². The van der Waals surface area contributed by atoms with E-state index in [1.807, 2.05) is 60.7 Å². The summed E-state index contributed by atoms with van der Waals surface area (Å²) in [6, 6.07) is 19.3. The van der Waals surface area contributed by atoms with Crippen LogP contribution in [0, 0.1) is 0 Å². The average Bonchev–Trinajstić information content (AvgIpc) is 2.65. The summed E-state index contributed by atoms with van der Waals surface area (Å²) in [5.74, 6) is 0. The van der Waals surface area contributed by atoms with Crippen LogP contribution in [-0.4, -0.2) is 33.5 Å². The van der Waals surface area contributed by atoms with Crippen LogP contribution in [0.15, 0.2) is 73.3 Å². The highest BCUT2D eigenvalue weighted by molar-refractivity contribution is 7.86. The summed E-state index contributed by atoms with van der Waals surface area (Å²) in [4.78, 5) is 0. The zero-order valence-corrected chi connectivity index (χ0v) is 16.3. The minimum atomic E-state index is -3.66. The highest BCUT2D eigenvalue weighted by Gasteiger charge is 2.26. The molecule has 2 atom stereocenters. The van der Waals surface area contributed by atoms with Gasteiger partial charge in [-0.25, -0.2) is 0 Å². The van der Waals surface area contributed by atoms with Crippen molar-refractivity contribution in [2.45, 2.75) is 31.8 Å². The molecule has 0 bridgehead atoms. The van der Waals surface area contributed by atoms with Crippen LogP contribution in [0.3, 0.4) is 0 Å². The van der Waals surface area contributed by atoms with E-state index < -0.39 is 22.3 Å². The van der Waals surface area contributed by atoms with Crippen molar-refractivity contribution in [3.8, 4) is 0 Å². The SMILES string of the molecule is C=CC[C@H](OCc1ccccc1)[C@@H](COCc1ccccc1)OS(C)(=O)=O. The van der Waals surface area contributed by atoms with Crippen molar-refractivity contribution in [1.82, 2.24) is 0 Å². The van der Waals surface area contributed by atoms with Crippen LogP contribution >= 0.6 is 0 Å². The normalized spacial score (nSPS) is 13.8. The fourth-order valence-electron chi connectivity index (χ4n) is 2.56. The second kappa shape index (κ2) is 11.0. The summed E-state index contributed by atoms with van der Waals surface area (Å²) in [5, 5.41) is 0. The maximum absolute atomic E-state index is 11.7. The summed E-state index contributed by atoms with van der Waals surface area (Å²) >= 11 is 0. The molecule has 0 aliphatic rings. The minimum absolute atomic E-state index is 0.0925. The number of rotatable bonds is 12. The highest BCUT2D eigenvalue weighted by atomic mass is 32.2. The van der Waals surface area contributed by atoms with E-state index in [0.29, 0.717) is 19.6 Å². The molecule has 2 rings (SSSR count). The fourth-order valence-corrected chi connectivity index (χ4v) is 3.19. The Morgan fingerprint density at radius 2 is 1.48 bits per heavy atom. The molecule has 0 aromatic heterocycles. The third kappa shape index (κ3) is 8.49. The molecule has 0 heterocycles. The lowest BCUT2D eigenvalue weighted by molar-refractivity contribution is -0.0655. The van der Waals surface area contributed by atoms with Gasteiger partial charge in [0.2, 0.25) is 0 Å². The second-order valence-electron chi connectivity index (χ2n) is 6.20. The van der Waals surface area contributed by atoms with Crippen LogP contribution in [0.5, 0.6) is 0 Å². The first-order chi connectivity index (χ1) is 13.0. The van der Waals surface area contributed by atoms with E-state index in [1.165, 1.54) is 0 Å². The highest BCUT2D eigenvalue weighted by Crippen LogP contribution is 2.16. The van der Waals surface area contributed by atoms with Crippen molar-refractivity contribution in [3.05, 3.63) is 84.4 Å². The zero-order chi connectivity index (χ0) is 19.5. The molecule has 0 unspecified atom stereocenters. The van der Waals surface area contributed by atoms with E-state index in [9.17, 15) is 8.42 Å². The minimum Gasteiger partial charge on any atom is -0.374 e. The molecule has 0 aliphatic carbocycles. The van der Waals surface area contributed by atoms with Gasteiger partial charge in [0.15, 0.2) is 0 Å². The van der Waals surface area contributed by atoms with Crippen LogP contribution in [-0.2, 0) is 37.0 Å². The molecule has 0 radical (unpaired) electrons. The quantitative estimate of drug-likeness (QED) is 0.408. The maximum Gasteiger partial charge on any atom is 0.264 e. The molecule has 146 valence electrons. The van der Waals surface area contributed by atoms with Gasteiger partial charge in [-0.05, 0) is 17.5 Å². The molecule has 0 saturated carbocycles. The topological polar surface area (TPSA) is 61.8 Å². The van der Waals surface area contributed by atoms with Crippen molar-refractivity contribution in [2.75, 3.05) is 12.9 Å². The molecule has 2 aromatic rings. The van der Waals surface area contributed by atoms with Gasteiger partial charge in [-0.1, -0.05) is 66.7 Å². The predicted molar refractivity (Wildman–Crippen MR) is 106 cm³/mol. The molecule has 0 saturated heterocycles. The Balaban J connectivity index is 2.01. The first kappa shape index (κ1) is 21.3. The molecule has 0 aliphatic heterocycles. The molecular weight excluding hydrogens is 364 g/mol. The van der Waals surface area contributed by atoms with Gasteiger partial charge in [-0.15, -0.1) is 6.58 Å². The van der Waals surface area contributed by atoms with Crippen molar-refractivity contribution in [3.63, 3.8) is 0 Å². The van der Waals surface area contributed by atoms with E-state index in [2.05, 4.69) is 6.58 Å². The molecule has 5 nitrogen and oxygen atoms in total. The number of hydrogen-bond donors (Lipinski definition) is 0. The van der Waals surface area contributed by atoms with Crippen molar-refractivity contribution < 1.29 is 22.1 Å². The van der Waals surface area contributed by atoms with Gasteiger partial charge < -0.3 is 9.47 Å². The van der Waals surface area contributed by atoms with Gasteiger partial charge in [0.1, 0.15) is 6.10 Å². The Labute approximate surface area is 161 Å². The summed E-state index contributed by atoms with van der Waals surface area (Å²) in [6.07, 6.45) is 1.91. The largest absolute Gasteiger partial charge is 0.374 e. The predicted octanol–water partition coefficient (Wildman–Crippen LogP) is 3.71. The number of benzene rings is 2. The Morgan fingerprint density at radius 3 is 2.00 bits per heavy atom. The molecule has 0 spiro atoms. The Kier molecular flexibility index (Phi) is 8.67. The molecule has 0 N–H and O–H groups in total. The lowest BCUT2D eigenvalue weighted by Crippen LogP contribution is -2.37. The molecular formula is C21H26O5S. The van der Waals surface area contributed by atoms with Gasteiger partial charge in [-0.2, -0.15) is 8.42 Å². The van der Waals surface area contributed by atoms with Crippen LogP contribution in [0.25, 0.3) is 0 Å². The number of hydrogen-bond acceptors (Lipinski definition) is 5. The van der Waals surface area contributed by atoms with Gasteiger partial charge in [-0.3, -0.25) is 4.18 Å². The average molecular weight is 391 g/mol. The zero-order valence-electron chi connectivity index (χ0n) is 15.5. The molecule has 2 aromatic carbocycles. The van der Waals surface area contributed by atoms with E-state index >= 15 is 0 Å². The number of ether oxygens (including phenoxy) is 2. The summed E-state index contributed by atoms with van der Waals surface area (Å²) in [6.45, 7) is 4.54. The van der Waals surface area contributed by atoms with Crippen LogP contribution in [0.2, 0.25) is 0 Å². The van der Waals surface area contributed by atoms with Crippen LogP contribution in [0.4, 0.5) is 0 Å². The summed E-state index contributed by atoms with van der Waals surface area (Å²) in [7, 11) is -3.66. The monoisotopic (exact) mass is 390 g/mol. The third-order valence-electron chi connectivity index (χ3n) is 3.81. The lowest BCUT2D eigenvalue weighted by Gasteiger charge is -2.26. The van der Waals surface area contributed by atoms with Crippen LogP contribution in [0.1, 0.15) is 17.5 Å². The first-order valence-electron chi connectivity index (χ1n) is 8.74. The molecule has 0 amide bonds. The Bertz CT molecular complexity index is 775. The third-order valence-corrected chi connectivity index (χ3v) is 4.41. The van der Waals surface area contributed by atoms with E-state index in [1.54, 1.807) is 6.08 Å². The second-order valence-corrected chi connectivity index (χ2v) is 7.80. The molecule has 0 fully saturated rings. The summed E-state index contributed by atoms with van der Waals surface area (Å²) in [5.41, 5.74) is 2.00. The Morgan fingerprint density at radius 1 is 0.926 bits per heavy atom. The van der Waals surface area contributed by atoms with Crippen molar-refractivity contribution >= 4 is 10.1 Å². The van der Waals surface area contributed by atoms with Gasteiger partial charge >= 0.3 is 0 Å². The van der Waals surface area contributed by atoms with Gasteiger partial charge in [0.25, 0.3) is 10.1 Å². The van der Waals surface area contributed by atoms with E-state index in [0.717, 1.165) is 17.4 Å². The van der Waals surface area contributed by atoms with E-state index in [-0.39, 0.29) is 6.61 Å². The smallest absolute Gasteiger partial charge is 0.264 e. The van der Waals surface area contributed by atoms with Crippen LogP contribution < -0.4 is 0 Å². The molecule has 6 heteroatoms. The van der Waals surface area contributed by atoms with Gasteiger partial charge in [0, 0.05) is 0 Å². The molecule has 27 heavy (non-hydrogen) atoms. The Hall–Kier alpha value is -1.99. The van der Waals surface area contributed by atoms with Crippen molar-refractivity contribution in [1.29, 1.82) is 0 Å². The van der Waals surface area contributed by atoms with Gasteiger partial charge in [0.05, 0.1) is 32.2 Å². The lowest BCUT2D eigenvalue weighted by atomic mass is 10.1. The standard InChI is InChI=1S/C21H26O5S/c1-3-10-20(25-16-19-13-8-5-9-14-19)21(26-27(2,22)23)17-24-15-18-11-6-4-7-12-18/h3-9,11-14,20-21H,1,10,15-17H2,2H3/t20-,21+/m0/s1.